The largest absolute Gasteiger partial charge is 0.507 e. The first kappa shape index (κ1) is 21.0. The third kappa shape index (κ3) is 4.60. The summed E-state index contributed by atoms with van der Waals surface area (Å²) < 4.78 is 6.49. The van der Waals surface area contributed by atoms with E-state index in [0.29, 0.717) is 32.8 Å². The maximum atomic E-state index is 12.4. The molecule has 4 aromatic rings. The van der Waals surface area contributed by atoms with Gasteiger partial charge in [-0.1, -0.05) is 25.1 Å². The first-order valence-corrected chi connectivity index (χ1v) is 10.7. The molecule has 0 aliphatic carbocycles. The number of oxazole rings is 1. The Labute approximate surface area is 192 Å². The average Bonchev–Trinajstić information content (AvgIpc) is 3.18. The van der Waals surface area contributed by atoms with Gasteiger partial charge in [0.25, 0.3) is 5.91 Å². The monoisotopic (exact) mass is 495 g/mol. The van der Waals surface area contributed by atoms with Crippen molar-refractivity contribution in [2.45, 2.75) is 13.3 Å². The zero-order valence-electron chi connectivity index (χ0n) is 16.5. The number of aromatic hydroxyl groups is 1. The first-order valence-electron chi connectivity index (χ1n) is 9.54. The molecule has 0 radical (unpaired) electrons. The number of nitrogens with zero attached hydrogens (tertiary/aromatic N) is 1. The third-order valence-corrected chi connectivity index (χ3v) is 5.59. The molecule has 8 heteroatoms. The number of amides is 1. The minimum Gasteiger partial charge on any atom is -0.507 e. The van der Waals surface area contributed by atoms with Crippen LogP contribution in [0, 0.1) is 0 Å². The molecule has 0 saturated heterocycles. The quantitative estimate of drug-likeness (QED) is 0.250. The van der Waals surface area contributed by atoms with E-state index < -0.39 is 0 Å². The van der Waals surface area contributed by atoms with Gasteiger partial charge in [0.05, 0.1) is 11.1 Å². The molecular formula is C23H18BrN3O3S. The Kier molecular flexibility index (Phi) is 6.01. The van der Waals surface area contributed by atoms with Gasteiger partial charge in [0, 0.05) is 10.2 Å². The van der Waals surface area contributed by atoms with E-state index >= 15 is 0 Å². The molecule has 0 fully saturated rings. The number of hydrogen-bond donors (Lipinski definition) is 3. The van der Waals surface area contributed by atoms with Crippen molar-refractivity contribution in [1.29, 1.82) is 0 Å². The topological polar surface area (TPSA) is 87.4 Å². The number of aryl methyl sites for hydroxylation is 1. The van der Waals surface area contributed by atoms with E-state index in [1.807, 2.05) is 24.3 Å². The van der Waals surface area contributed by atoms with Gasteiger partial charge in [-0.2, -0.15) is 0 Å². The summed E-state index contributed by atoms with van der Waals surface area (Å²) >= 11 is 8.62. The lowest BCUT2D eigenvalue weighted by Crippen LogP contribution is -2.34. The van der Waals surface area contributed by atoms with Crippen LogP contribution in [0.1, 0.15) is 22.8 Å². The van der Waals surface area contributed by atoms with Crippen molar-refractivity contribution in [3.05, 3.63) is 76.3 Å². The Bertz CT molecular complexity index is 1300. The zero-order chi connectivity index (χ0) is 22.0. The number of fused-ring (bicyclic) bond motifs is 1. The molecule has 31 heavy (non-hydrogen) atoms. The first-order chi connectivity index (χ1) is 14.9. The van der Waals surface area contributed by atoms with E-state index in [9.17, 15) is 9.90 Å². The van der Waals surface area contributed by atoms with Crippen LogP contribution < -0.4 is 10.6 Å². The number of rotatable bonds is 4. The van der Waals surface area contributed by atoms with Crippen LogP contribution in [0.3, 0.4) is 0 Å². The van der Waals surface area contributed by atoms with Gasteiger partial charge < -0.3 is 14.8 Å². The van der Waals surface area contributed by atoms with Gasteiger partial charge in [-0.15, -0.1) is 0 Å². The lowest BCUT2D eigenvalue weighted by atomic mass is 10.1. The van der Waals surface area contributed by atoms with Gasteiger partial charge in [-0.3, -0.25) is 10.1 Å². The predicted octanol–water partition coefficient (Wildman–Crippen LogP) is 5.65. The Morgan fingerprint density at radius 3 is 2.74 bits per heavy atom. The summed E-state index contributed by atoms with van der Waals surface area (Å²) in [6.07, 6.45) is 0.894. The number of thiocarbonyl (C=S) groups is 1. The van der Waals surface area contributed by atoms with Crippen molar-refractivity contribution in [3.63, 3.8) is 0 Å². The summed E-state index contributed by atoms with van der Waals surface area (Å²) in [4.78, 5) is 16.9. The molecule has 0 aliphatic rings. The van der Waals surface area contributed by atoms with Gasteiger partial charge in [-0.25, -0.2) is 4.98 Å². The number of phenolic OH excluding ortho intramolecular Hbond substituents is 1. The molecule has 0 saturated carbocycles. The van der Waals surface area contributed by atoms with E-state index in [4.69, 9.17) is 16.6 Å². The number of carbonyl (C=O) groups excluding carboxylic acids is 1. The highest BCUT2D eigenvalue weighted by atomic mass is 79.9. The normalized spacial score (nSPS) is 10.8. The Morgan fingerprint density at radius 1 is 1.16 bits per heavy atom. The van der Waals surface area contributed by atoms with Crippen molar-refractivity contribution in [2.24, 2.45) is 0 Å². The molecule has 1 amide bonds. The summed E-state index contributed by atoms with van der Waals surface area (Å²) in [6.45, 7) is 2.07. The fourth-order valence-corrected chi connectivity index (χ4v) is 3.75. The van der Waals surface area contributed by atoms with Gasteiger partial charge in [0.15, 0.2) is 10.7 Å². The summed E-state index contributed by atoms with van der Waals surface area (Å²) in [7, 11) is 0. The van der Waals surface area contributed by atoms with Crippen LogP contribution in [0.2, 0.25) is 0 Å². The molecule has 0 aliphatic heterocycles. The van der Waals surface area contributed by atoms with Crippen LogP contribution >= 0.6 is 28.1 Å². The second-order valence-electron chi connectivity index (χ2n) is 6.79. The summed E-state index contributed by atoms with van der Waals surface area (Å²) in [5, 5.41) is 16.1. The Balaban J connectivity index is 1.54. The van der Waals surface area contributed by atoms with E-state index in [1.54, 1.807) is 30.3 Å². The van der Waals surface area contributed by atoms with E-state index in [2.05, 4.69) is 38.5 Å². The predicted molar refractivity (Wildman–Crippen MR) is 128 cm³/mol. The van der Waals surface area contributed by atoms with Crippen LogP contribution in [-0.4, -0.2) is 21.1 Å². The van der Waals surface area contributed by atoms with Gasteiger partial charge in [0.2, 0.25) is 5.89 Å². The molecule has 0 atom stereocenters. The highest BCUT2D eigenvalue weighted by molar-refractivity contribution is 9.10. The summed E-state index contributed by atoms with van der Waals surface area (Å²) in [6, 6.07) is 17.7. The van der Waals surface area contributed by atoms with Crippen LogP contribution in [0.15, 0.2) is 69.6 Å². The Morgan fingerprint density at radius 2 is 1.97 bits per heavy atom. The molecular weight excluding hydrogens is 478 g/mol. The number of hydrogen-bond acceptors (Lipinski definition) is 5. The fourth-order valence-electron chi connectivity index (χ4n) is 3.07. The minimum absolute atomic E-state index is 0.0241. The fraction of sp³-hybridized carbons (Fsp3) is 0.0870. The van der Waals surface area contributed by atoms with Crippen molar-refractivity contribution in [2.75, 3.05) is 5.32 Å². The van der Waals surface area contributed by atoms with Crippen molar-refractivity contribution in [1.82, 2.24) is 10.3 Å². The molecule has 1 aromatic heterocycles. The Hall–Kier alpha value is -3.23. The zero-order valence-corrected chi connectivity index (χ0v) is 18.9. The summed E-state index contributed by atoms with van der Waals surface area (Å²) in [5.41, 5.74) is 3.97. The van der Waals surface area contributed by atoms with Gasteiger partial charge in [0.1, 0.15) is 11.3 Å². The third-order valence-electron chi connectivity index (χ3n) is 4.69. The summed E-state index contributed by atoms with van der Waals surface area (Å²) in [5.74, 6) is -0.0155. The lowest BCUT2D eigenvalue weighted by molar-refractivity contribution is 0.0977. The van der Waals surface area contributed by atoms with Crippen molar-refractivity contribution in [3.8, 4) is 17.2 Å². The van der Waals surface area contributed by atoms with Crippen molar-refractivity contribution >= 4 is 56.0 Å². The van der Waals surface area contributed by atoms with Gasteiger partial charge in [-0.05, 0) is 82.6 Å². The van der Waals surface area contributed by atoms with Gasteiger partial charge >= 0.3 is 0 Å². The molecule has 6 nitrogen and oxygen atoms in total. The maximum absolute atomic E-state index is 12.4. The standard InChI is InChI=1S/C23H18BrN3O3S/c1-2-13-7-10-20-18(11-13)26-22(30-20)16-12-14(8-9-19(16)28)25-23(31)27-21(29)15-5-3-4-6-17(15)24/h3-12,28H,2H2,1H3,(H2,25,27,29,31). The van der Waals surface area contributed by atoms with E-state index in [-0.39, 0.29) is 16.8 Å². The second kappa shape index (κ2) is 8.87. The number of nitrogens with one attached hydrogen (secondary N) is 2. The molecule has 0 spiro atoms. The molecule has 156 valence electrons. The second-order valence-corrected chi connectivity index (χ2v) is 8.06. The number of phenols is 1. The van der Waals surface area contributed by atoms with Crippen LogP contribution in [-0.2, 0) is 6.42 Å². The molecule has 3 aromatic carbocycles. The average molecular weight is 496 g/mol. The molecule has 0 bridgehead atoms. The lowest BCUT2D eigenvalue weighted by Gasteiger charge is -2.11. The number of benzene rings is 3. The molecule has 0 unspecified atom stereocenters. The SMILES string of the molecule is CCc1ccc2oc(-c3cc(NC(=S)NC(=O)c4ccccc4Br)ccc3O)nc2c1. The van der Waals surface area contributed by atoms with Crippen LogP contribution in [0.5, 0.6) is 5.75 Å². The number of anilines is 1. The minimum atomic E-state index is -0.338. The highest BCUT2D eigenvalue weighted by Crippen LogP contribution is 2.33. The number of halogens is 1. The van der Waals surface area contributed by atoms with E-state index in [0.717, 1.165) is 17.5 Å². The highest BCUT2D eigenvalue weighted by Gasteiger charge is 2.15. The molecule has 4 rings (SSSR count). The number of aromatic nitrogens is 1. The van der Waals surface area contributed by atoms with Crippen LogP contribution in [0.25, 0.3) is 22.6 Å². The van der Waals surface area contributed by atoms with Crippen LogP contribution in [0.4, 0.5) is 5.69 Å². The van der Waals surface area contributed by atoms with E-state index in [1.165, 1.54) is 6.07 Å². The number of carbonyl (C=O) groups is 1. The molecule has 1 heterocycles. The van der Waals surface area contributed by atoms with Crippen molar-refractivity contribution < 1.29 is 14.3 Å². The molecule has 3 N–H and O–H groups in total. The smallest absolute Gasteiger partial charge is 0.258 e. The maximum Gasteiger partial charge on any atom is 0.258 e.